The van der Waals surface area contributed by atoms with Crippen LogP contribution in [0.3, 0.4) is 0 Å². The summed E-state index contributed by atoms with van der Waals surface area (Å²) in [6.07, 6.45) is 4.32. The quantitative estimate of drug-likeness (QED) is 0.819. The molecule has 2 saturated heterocycles. The Morgan fingerprint density at radius 2 is 1.72 bits per heavy atom. The summed E-state index contributed by atoms with van der Waals surface area (Å²) in [4.78, 5) is 17.5. The standard InChI is InChI=1S/C19H24N2O4/c22-18-19(24-16-7-3-4-8-17(16)25-19)14-5-1-2-6-15(14)21(18)13-20-9-11-23-12-10-20/h1-2,5-6,16-17H,3-4,7-13H2/t16-,17+,19?. The van der Waals surface area contributed by atoms with Crippen LogP contribution in [-0.2, 0) is 24.8 Å². The van der Waals surface area contributed by atoms with Gasteiger partial charge < -0.3 is 14.2 Å². The zero-order valence-electron chi connectivity index (χ0n) is 14.4. The summed E-state index contributed by atoms with van der Waals surface area (Å²) in [5.74, 6) is -1.31. The Morgan fingerprint density at radius 1 is 1.04 bits per heavy atom. The van der Waals surface area contributed by atoms with Gasteiger partial charge in [0.1, 0.15) is 0 Å². The molecule has 3 aliphatic heterocycles. The summed E-state index contributed by atoms with van der Waals surface area (Å²) >= 11 is 0. The summed E-state index contributed by atoms with van der Waals surface area (Å²) < 4.78 is 18.1. The van der Waals surface area contributed by atoms with Crippen molar-refractivity contribution in [3.8, 4) is 0 Å². The molecule has 134 valence electrons. The van der Waals surface area contributed by atoms with Gasteiger partial charge in [0.2, 0.25) is 0 Å². The van der Waals surface area contributed by atoms with Gasteiger partial charge in [-0.1, -0.05) is 31.0 Å². The van der Waals surface area contributed by atoms with E-state index in [1.807, 2.05) is 29.2 Å². The Kier molecular flexibility index (Phi) is 3.82. The van der Waals surface area contributed by atoms with Gasteiger partial charge in [-0.2, -0.15) is 0 Å². The average Bonchev–Trinajstić information content (AvgIpc) is 3.15. The van der Waals surface area contributed by atoms with Gasteiger partial charge in [0.25, 0.3) is 11.7 Å². The molecule has 0 bridgehead atoms. The minimum absolute atomic E-state index is 0.0362. The normalized spacial score (nSPS) is 35.2. The topological polar surface area (TPSA) is 51.2 Å². The van der Waals surface area contributed by atoms with Gasteiger partial charge in [-0.25, -0.2) is 0 Å². The molecule has 0 aromatic heterocycles. The van der Waals surface area contributed by atoms with Crippen molar-refractivity contribution in [1.29, 1.82) is 0 Å². The van der Waals surface area contributed by atoms with Gasteiger partial charge in [-0.3, -0.25) is 14.6 Å². The van der Waals surface area contributed by atoms with Gasteiger partial charge in [0.15, 0.2) is 0 Å². The van der Waals surface area contributed by atoms with Gasteiger partial charge in [0, 0.05) is 18.7 Å². The number of carbonyl (C=O) groups excluding carboxylic acids is 1. The minimum Gasteiger partial charge on any atom is -0.379 e. The summed E-state index contributed by atoms with van der Waals surface area (Å²) in [5, 5.41) is 0. The lowest BCUT2D eigenvalue weighted by Gasteiger charge is -2.31. The first-order valence-corrected chi connectivity index (χ1v) is 9.35. The number of ether oxygens (including phenoxy) is 3. The Labute approximate surface area is 147 Å². The van der Waals surface area contributed by atoms with Crippen LogP contribution >= 0.6 is 0 Å². The van der Waals surface area contributed by atoms with Crippen molar-refractivity contribution in [2.75, 3.05) is 37.9 Å². The Morgan fingerprint density at radius 3 is 2.44 bits per heavy atom. The fraction of sp³-hybridized carbons (Fsp3) is 0.632. The van der Waals surface area contributed by atoms with Crippen molar-refractivity contribution in [2.45, 2.75) is 43.7 Å². The number of carbonyl (C=O) groups is 1. The van der Waals surface area contributed by atoms with E-state index in [1.165, 1.54) is 0 Å². The third kappa shape index (κ3) is 2.43. The summed E-state index contributed by atoms with van der Waals surface area (Å²) in [6, 6.07) is 7.90. The molecule has 0 N–H and O–H groups in total. The Balaban J connectivity index is 1.48. The third-order valence-corrected chi connectivity index (χ3v) is 5.80. The first kappa shape index (κ1) is 15.8. The number of hydrogen-bond acceptors (Lipinski definition) is 5. The van der Waals surface area contributed by atoms with Crippen LogP contribution in [0.15, 0.2) is 24.3 Å². The highest BCUT2D eigenvalue weighted by molar-refractivity contribution is 6.06. The molecule has 6 nitrogen and oxygen atoms in total. The lowest BCUT2D eigenvalue weighted by molar-refractivity contribution is -0.190. The number of benzene rings is 1. The predicted octanol–water partition coefficient (Wildman–Crippen LogP) is 1.83. The fourth-order valence-electron chi connectivity index (χ4n) is 4.49. The molecule has 1 aliphatic carbocycles. The van der Waals surface area contributed by atoms with Crippen LogP contribution in [-0.4, -0.2) is 56.0 Å². The Bertz CT molecular complexity index is 659. The van der Waals surface area contributed by atoms with Gasteiger partial charge in [-0.05, 0) is 18.9 Å². The molecule has 1 saturated carbocycles. The van der Waals surface area contributed by atoms with E-state index < -0.39 is 5.79 Å². The van der Waals surface area contributed by atoms with E-state index in [9.17, 15) is 4.79 Å². The second-order valence-corrected chi connectivity index (χ2v) is 7.34. The number of anilines is 1. The number of rotatable bonds is 2. The highest BCUT2D eigenvalue weighted by Crippen LogP contribution is 2.51. The smallest absolute Gasteiger partial charge is 0.293 e. The first-order valence-electron chi connectivity index (χ1n) is 9.35. The van der Waals surface area contributed by atoms with Crippen molar-refractivity contribution >= 4 is 11.6 Å². The summed E-state index contributed by atoms with van der Waals surface area (Å²) in [6.45, 7) is 3.67. The number of nitrogens with zero attached hydrogens (tertiary/aromatic N) is 2. The number of hydrogen-bond donors (Lipinski definition) is 0. The van der Waals surface area contributed by atoms with Crippen LogP contribution in [0.25, 0.3) is 0 Å². The molecule has 3 heterocycles. The van der Waals surface area contributed by atoms with Crippen molar-refractivity contribution in [1.82, 2.24) is 4.90 Å². The number of amides is 1. The van der Waals surface area contributed by atoms with Gasteiger partial charge in [0.05, 0.1) is 37.8 Å². The SMILES string of the molecule is O=C1N(CN2CCOCC2)c2ccccc2C12O[C@H]1CCCC[C@H]1O2. The largest absolute Gasteiger partial charge is 0.379 e. The molecule has 4 aliphatic rings. The molecule has 25 heavy (non-hydrogen) atoms. The van der Waals surface area contributed by atoms with Crippen LogP contribution in [0.4, 0.5) is 5.69 Å². The molecule has 3 atom stereocenters. The number of morpholine rings is 1. The van der Waals surface area contributed by atoms with E-state index in [0.717, 1.165) is 50.0 Å². The van der Waals surface area contributed by atoms with E-state index >= 15 is 0 Å². The predicted molar refractivity (Wildman–Crippen MR) is 91.1 cm³/mol. The maximum atomic E-state index is 13.4. The first-order chi connectivity index (χ1) is 12.3. The zero-order chi connectivity index (χ0) is 16.9. The van der Waals surface area contributed by atoms with Crippen LogP contribution in [0, 0.1) is 0 Å². The van der Waals surface area contributed by atoms with E-state index in [2.05, 4.69) is 4.90 Å². The molecule has 1 amide bonds. The van der Waals surface area contributed by atoms with E-state index in [4.69, 9.17) is 14.2 Å². The summed E-state index contributed by atoms with van der Waals surface area (Å²) in [5.41, 5.74) is 1.78. The number of para-hydroxylation sites is 1. The third-order valence-electron chi connectivity index (χ3n) is 5.80. The van der Waals surface area contributed by atoms with E-state index in [-0.39, 0.29) is 18.1 Å². The monoisotopic (exact) mass is 344 g/mol. The molecular weight excluding hydrogens is 320 g/mol. The van der Waals surface area contributed by atoms with E-state index in [1.54, 1.807) is 0 Å². The molecule has 1 aromatic rings. The molecule has 6 heteroatoms. The van der Waals surface area contributed by atoms with Crippen LogP contribution in [0.2, 0.25) is 0 Å². The molecule has 5 rings (SSSR count). The zero-order valence-corrected chi connectivity index (χ0v) is 14.4. The maximum Gasteiger partial charge on any atom is 0.293 e. The van der Waals surface area contributed by atoms with Crippen molar-refractivity contribution in [2.24, 2.45) is 0 Å². The van der Waals surface area contributed by atoms with Crippen LogP contribution in [0.1, 0.15) is 31.2 Å². The Hall–Kier alpha value is -1.47. The highest BCUT2D eigenvalue weighted by atomic mass is 16.8. The molecule has 1 spiro atoms. The molecule has 3 fully saturated rings. The molecule has 1 aromatic carbocycles. The van der Waals surface area contributed by atoms with Crippen molar-refractivity contribution in [3.05, 3.63) is 29.8 Å². The second kappa shape index (κ2) is 6.06. The van der Waals surface area contributed by atoms with Crippen molar-refractivity contribution < 1.29 is 19.0 Å². The highest BCUT2D eigenvalue weighted by Gasteiger charge is 2.61. The van der Waals surface area contributed by atoms with Gasteiger partial charge >= 0.3 is 0 Å². The molecule has 0 radical (unpaired) electrons. The average molecular weight is 344 g/mol. The fourth-order valence-corrected chi connectivity index (χ4v) is 4.49. The van der Waals surface area contributed by atoms with Crippen LogP contribution in [0.5, 0.6) is 0 Å². The van der Waals surface area contributed by atoms with Gasteiger partial charge in [-0.15, -0.1) is 0 Å². The summed E-state index contributed by atoms with van der Waals surface area (Å²) in [7, 11) is 0. The molecule has 1 unspecified atom stereocenters. The number of fused-ring (bicyclic) bond motifs is 3. The van der Waals surface area contributed by atoms with E-state index in [0.29, 0.717) is 19.9 Å². The minimum atomic E-state index is -1.23. The second-order valence-electron chi connectivity index (χ2n) is 7.34. The maximum absolute atomic E-state index is 13.4. The van der Waals surface area contributed by atoms with Crippen molar-refractivity contribution in [3.63, 3.8) is 0 Å². The lowest BCUT2D eigenvalue weighted by atomic mass is 9.95. The lowest BCUT2D eigenvalue weighted by Crippen LogP contribution is -2.49. The van der Waals surface area contributed by atoms with Crippen LogP contribution < -0.4 is 4.90 Å². The molecular formula is C19H24N2O4.